The Kier molecular flexibility index (Phi) is 2.64. The molecule has 1 heterocycles. The molecule has 0 aromatic heterocycles. The third-order valence-electron chi connectivity index (χ3n) is 2.63. The van der Waals surface area contributed by atoms with Crippen molar-refractivity contribution in [2.24, 2.45) is 0 Å². The van der Waals surface area contributed by atoms with Gasteiger partial charge in [0.25, 0.3) is 0 Å². The number of halogens is 1. The highest BCUT2D eigenvalue weighted by Gasteiger charge is 2.39. The zero-order valence-corrected chi connectivity index (χ0v) is 9.67. The summed E-state index contributed by atoms with van der Waals surface area (Å²) in [5, 5.41) is 10.1. The van der Waals surface area contributed by atoms with Crippen molar-refractivity contribution in [3.05, 3.63) is 33.8 Å². The summed E-state index contributed by atoms with van der Waals surface area (Å²) in [6.07, 6.45) is 0.928. The van der Waals surface area contributed by atoms with E-state index in [0.29, 0.717) is 13.2 Å². The van der Waals surface area contributed by atoms with Gasteiger partial charge in [0.05, 0.1) is 13.2 Å². The first-order valence-corrected chi connectivity index (χ1v) is 5.54. The molecule has 0 atom stereocenters. The second kappa shape index (κ2) is 3.65. The van der Waals surface area contributed by atoms with Crippen molar-refractivity contribution in [2.75, 3.05) is 13.2 Å². The Morgan fingerprint density at radius 1 is 1.50 bits per heavy atom. The third kappa shape index (κ3) is 1.60. The standard InChI is InChI=1S/C11H13BrO2/c1-2-8-5-9(12)3-4-10(8)11(13)6-14-7-11/h3-5,13H,2,6-7H2,1H3. The van der Waals surface area contributed by atoms with Gasteiger partial charge in [0.2, 0.25) is 0 Å². The van der Waals surface area contributed by atoms with E-state index in [-0.39, 0.29) is 0 Å². The summed E-state index contributed by atoms with van der Waals surface area (Å²) in [6, 6.07) is 6.00. The highest BCUT2D eigenvalue weighted by Crippen LogP contribution is 2.33. The minimum Gasteiger partial charge on any atom is -0.380 e. The SMILES string of the molecule is CCc1cc(Br)ccc1C1(O)COC1. The molecule has 3 heteroatoms. The summed E-state index contributed by atoms with van der Waals surface area (Å²) in [4.78, 5) is 0. The molecule has 0 bridgehead atoms. The predicted molar refractivity (Wildman–Crippen MR) is 58.2 cm³/mol. The van der Waals surface area contributed by atoms with Crippen LogP contribution in [0, 0.1) is 0 Å². The third-order valence-corrected chi connectivity index (χ3v) is 3.12. The van der Waals surface area contributed by atoms with Crippen molar-refractivity contribution in [1.29, 1.82) is 0 Å². The van der Waals surface area contributed by atoms with Gasteiger partial charge in [0, 0.05) is 4.47 Å². The summed E-state index contributed by atoms with van der Waals surface area (Å²) in [6.45, 7) is 2.93. The quantitative estimate of drug-likeness (QED) is 0.880. The molecule has 0 unspecified atom stereocenters. The molecular weight excluding hydrogens is 244 g/mol. The second-order valence-corrected chi connectivity index (χ2v) is 4.60. The van der Waals surface area contributed by atoms with Gasteiger partial charge in [-0.25, -0.2) is 0 Å². The van der Waals surface area contributed by atoms with E-state index in [1.165, 1.54) is 5.56 Å². The van der Waals surface area contributed by atoms with Crippen LogP contribution in [0.4, 0.5) is 0 Å². The van der Waals surface area contributed by atoms with E-state index < -0.39 is 5.60 Å². The average Bonchev–Trinajstić information content (AvgIpc) is 2.14. The van der Waals surface area contributed by atoms with Gasteiger partial charge in [-0.05, 0) is 29.7 Å². The lowest BCUT2D eigenvalue weighted by Gasteiger charge is -2.38. The first kappa shape index (κ1) is 10.1. The van der Waals surface area contributed by atoms with Crippen LogP contribution >= 0.6 is 15.9 Å². The van der Waals surface area contributed by atoms with Gasteiger partial charge in [0.1, 0.15) is 5.60 Å². The van der Waals surface area contributed by atoms with Crippen LogP contribution in [0.5, 0.6) is 0 Å². The van der Waals surface area contributed by atoms with Crippen LogP contribution in [0.25, 0.3) is 0 Å². The molecule has 2 nitrogen and oxygen atoms in total. The summed E-state index contributed by atoms with van der Waals surface area (Å²) in [5.74, 6) is 0. The molecule has 76 valence electrons. The molecule has 0 spiro atoms. The fourth-order valence-corrected chi connectivity index (χ4v) is 2.17. The highest BCUT2D eigenvalue weighted by atomic mass is 79.9. The van der Waals surface area contributed by atoms with Crippen molar-refractivity contribution >= 4 is 15.9 Å². The maximum atomic E-state index is 10.1. The summed E-state index contributed by atoms with van der Waals surface area (Å²) in [5.41, 5.74) is 1.45. The Hall–Kier alpha value is -0.380. The summed E-state index contributed by atoms with van der Waals surface area (Å²) >= 11 is 3.43. The van der Waals surface area contributed by atoms with E-state index in [2.05, 4.69) is 28.9 Å². The summed E-state index contributed by atoms with van der Waals surface area (Å²) < 4.78 is 6.12. The molecular formula is C11H13BrO2. The maximum absolute atomic E-state index is 10.1. The van der Waals surface area contributed by atoms with Gasteiger partial charge >= 0.3 is 0 Å². The second-order valence-electron chi connectivity index (χ2n) is 3.68. The van der Waals surface area contributed by atoms with E-state index >= 15 is 0 Å². The van der Waals surface area contributed by atoms with Gasteiger partial charge < -0.3 is 9.84 Å². The van der Waals surface area contributed by atoms with Gasteiger partial charge in [-0.3, -0.25) is 0 Å². The molecule has 1 fully saturated rings. The number of hydrogen-bond acceptors (Lipinski definition) is 2. The minimum absolute atomic E-state index is 0.418. The first-order chi connectivity index (χ1) is 6.65. The molecule has 0 amide bonds. The molecule has 0 radical (unpaired) electrons. The molecule has 0 saturated carbocycles. The first-order valence-electron chi connectivity index (χ1n) is 4.75. The van der Waals surface area contributed by atoms with Crippen LogP contribution in [-0.2, 0) is 16.8 Å². The molecule has 1 aliphatic rings. The molecule has 1 N–H and O–H groups in total. The predicted octanol–water partition coefficient (Wildman–Crippen LogP) is 2.23. The van der Waals surface area contributed by atoms with Crippen LogP contribution in [0.1, 0.15) is 18.1 Å². The average molecular weight is 257 g/mol. The van der Waals surface area contributed by atoms with E-state index in [1.54, 1.807) is 0 Å². The molecule has 14 heavy (non-hydrogen) atoms. The van der Waals surface area contributed by atoms with E-state index in [0.717, 1.165) is 16.5 Å². The van der Waals surface area contributed by atoms with Crippen LogP contribution in [0.15, 0.2) is 22.7 Å². The van der Waals surface area contributed by atoms with E-state index in [4.69, 9.17) is 4.74 Å². The monoisotopic (exact) mass is 256 g/mol. The lowest BCUT2D eigenvalue weighted by Crippen LogP contribution is -2.47. The zero-order chi connectivity index (χ0) is 10.2. The van der Waals surface area contributed by atoms with Crippen LogP contribution < -0.4 is 0 Å². The van der Waals surface area contributed by atoms with Crippen molar-refractivity contribution in [2.45, 2.75) is 18.9 Å². The van der Waals surface area contributed by atoms with Crippen molar-refractivity contribution in [3.63, 3.8) is 0 Å². The Morgan fingerprint density at radius 2 is 2.21 bits per heavy atom. The molecule has 1 aliphatic heterocycles. The number of hydrogen-bond donors (Lipinski definition) is 1. The highest BCUT2D eigenvalue weighted by molar-refractivity contribution is 9.10. The molecule has 1 aromatic rings. The Balaban J connectivity index is 2.41. The number of aryl methyl sites for hydroxylation is 1. The number of ether oxygens (including phenoxy) is 1. The molecule has 2 rings (SSSR count). The van der Waals surface area contributed by atoms with E-state index in [1.807, 2.05) is 12.1 Å². The fraction of sp³-hybridized carbons (Fsp3) is 0.455. The molecule has 1 saturated heterocycles. The Bertz CT molecular complexity index is 345. The van der Waals surface area contributed by atoms with Gasteiger partial charge in [0.15, 0.2) is 0 Å². The number of aliphatic hydroxyl groups is 1. The molecule has 0 aliphatic carbocycles. The lowest BCUT2D eigenvalue weighted by molar-refractivity contribution is -0.185. The zero-order valence-electron chi connectivity index (χ0n) is 8.09. The van der Waals surface area contributed by atoms with Crippen molar-refractivity contribution in [1.82, 2.24) is 0 Å². The lowest BCUT2D eigenvalue weighted by atomic mass is 9.87. The Labute approximate surface area is 92.0 Å². The van der Waals surface area contributed by atoms with Crippen LogP contribution in [-0.4, -0.2) is 18.3 Å². The normalized spacial score (nSPS) is 19.1. The smallest absolute Gasteiger partial charge is 0.136 e. The maximum Gasteiger partial charge on any atom is 0.136 e. The topological polar surface area (TPSA) is 29.5 Å². The number of benzene rings is 1. The largest absolute Gasteiger partial charge is 0.380 e. The van der Waals surface area contributed by atoms with Gasteiger partial charge in [-0.2, -0.15) is 0 Å². The van der Waals surface area contributed by atoms with Crippen molar-refractivity contribution in [3.8, 4) is 0 Å². The van der Waals surface area contributed by atoms with Crippen LogP contribution in [0.3, 0.4) is 0 Å². The fourth-order valence-electron chi connectivity index (χ4n) is 1.76. The van der Waals surface area contributed by atoms with Gasteiger partial charge in [-0.15, -0.1) is 0 Å². The van der Waals surface area contributed by atoms with Crippen LogP contribution in [0.2, 0.25) is 0 Å². The summed E-state index contributed by atoms with van der Waals surface area (Å²) in [7, 11) is 0. The van der Waals surface area contributed by atoms with Gasteiger partial charge in [-0.1, -0.05) is 28.9 Å². The molecule has 1 aromatic carbocycles. The Morgan fingerprint density at radius 3 is 2.71 bits per heavy atom. The minimum atomic E-state index is -0.744. The van der Waals surface area contributed by atoms with Crippen molar-refractivity contribution < 1.29 is 9.84 Å². The number of rotatable bonds is 2. The van der Waals surface area contributed by atoms with E-state index in [9.17, 15) is 5.11 Å².